The standard InChI is InChI=1S/C26H28N4O4/c1-15-5-7-17(8-6-15)14-27-23(31)16(2)30-24(32)26(3)22-19(11-12-29(26)25(30)33)20-13-18(34-4)9-10-21(20)28-22/h5-10,13,16,28H,11-12,14H2,1-4H3,(H,27,31)/t16-,26-/m0/s1. The normalized spacial score (nSPS) is 20.4. The van der Waals surface area contributed by atoms with Crippen LogP contribution in [0.25, 0.3) is 10.9 Å². The molecule has 1 aromatic heterocycles. The predicted octanol–water partition coefficient (Wildman–Crippen LogP) is 3.23. The molecule has 0 spiro atoms. The fourth-order valence-electron chi connectivity index (χ4n) is 5.07. The van der Waals surface area contributed by atoms with Crippen molar-refractivity contribution in [1.82, 2.24) is 20.1 Å². The van der Waals surface area contributed by atoms with Crippen molar-refractivity contribution in [3.63, 3.8) is 0 Å². The van der Waals surface area contributed by atoms with Crippen molar-refractivity contribution in [3.8, 4) is 5.75 Å². The minimum Gasteiger partial charge on any atom is -0.497 e. The SMILES string of the molecule is COc1ccc2[nH]c3c(c2c1)CCN1C(=O)N([C@@H](C)C(=O)NCc2ccc(C)cc2)C(=O)[C@]31C. The van der Waals surface area contributed by atoms with Gasteiger partial charge in [0, 0.05) is 24.0 Å². The smallest absolute Gasteiger partial charge is 0.328 e. The number of methoxy groups -OCH3 is 1. The largest absolute Gasteiger partial charge is 0.497 e. The third-order valence-corrected chi connectivity index (χ3v) is 7.15. The molecule has 4 amide bonds. The molecule has 2 N–H and O–H groups in total. The third kappa shape index (κ3) is 3.16. The number of aryl methyl sites for hydroxylation is 1. The summed E-state index contributed by atoms with van der Waals surface area (Å²) in [6.07, 6.45) is 0.610. The second kappa shape index (κ2) is 7.90. The lowest BCUT2D eigenvalue weighted by molar-refractivity contribution is -0.139. The molecule has 8 heteroatoms. The molecule has 0 unspecified atom stereocenters. The Kier molecular flexibility index (Phi) is 5.11. The number of fused-ring (bicyclic) bond motifs is 5. The number of hydrogen-bond donors (Lipinski definition) is 2. The summed E-state index contributed by atoms with van der Waals surface area (Å²) in [5.41, 5.74) is 3.49. The van der Waals surface area contributed by atoms with Gasteiger partial charge in [-0.2, -0.15) is 0 Å². The zero-order valence-electron chi connectivity index (χ0n) is 19.8. The minimum absolute atomic E-state index is 0.328. The molecule has 0 bridgehead atoms. The first-order valence-electron chi connectivity index (χ1n) is 11.4. The molecule has 34 heavy (non-hydrogen) atoms. The van der Waals surface area contributed by atoms with Crippen molar-refractivity contribution in [2.45, 2.75) is 45.3 Å². The van der Waals surface area contributed by atoms with E-state index in [4.69, 9.17) is 4.74 Å². The number of ether oxygens (including phenoxy) is 1. The van der Waals surface area contributed by atoms with E-state index in [9.17, 15) is 14.4 Å². The van der Waals surface area contributed by atoms with Crippen LogP contribution in [0.3, 0.4) is 0 Å². The monoisotopic (exact) mass is 460 g/mol. The summed E-state index contributed by atoms with van der Waals surface area (Å²) < 4.78 is 5.37. The van der Waals surface area contributed by atoms with E-state index in [1.54, 1.807) is 25.9 Å². The topological polar surface area (TPSA) is 94.7 Å². The van der Waals surface area contributed by atoms with Crippen LogP contribution >= 0.6 is 0 Å². The summed E-state index contributed by atoms with van der Waals surface area (Å²) in [4.78, 5) is 46.1. The molecule has 176 valence electrons. The number of aromatic amines is 1. The van der Waals surface area contributed by atoms with Gasteiger partial charge < -0.3 is 19.9 Å². The number of imide groups is 1. The fourth-order valence-corrected chi connectivity index (χ4v) is 5.07. The lowest BCUT2D eigenvalue weighted by Gasteiger charge is -2.36. The second-order valence-corrected chi connectivity index (χ2v) is 9.20. The molecule has 0 aliphatic carbocycles. The van der Waals surface area contributed by atoms with E-state index in [0.29, 0.717) is 25.2 Å². The Labute approximate surface area is 197 Å². The van der Waals surface area contributed by atoms with E-state index in [2.05, 4.69) is 10.3 Å². The van der Waals surface area contributed by atoms with Gasteiger partial charge in [-0.15, -0.1) is 0 Å². The van der Waals surface area contributed by atoms with Crippen molar-refractivity contribution in [2.24, 2.45) is 0 Å². The van der Waals surface area contributed by atoms with Crippen molar-refractivity contribution >= 4 is 28.7 Å². The number of nitrogens with one attached hydrogen (secondary N) is 2. The number of nitrogens with zero attached hydrogens (tertiary/aromatic N) is 2. The predicted molar refractivity (Wildman–Crippen MR) is 127 cm³/mol. The summed E-state index contributed by atoms with van der Waals surface area (Å²) in [6, 6.07) is 12.2. The van der Waals surface area contributed by atoms with Gasteiger partial charge in [0.1, 0.15) is 11.8 Å². The van der Waals surface area contributed by atoms with E-state index >= 15 is 0 Å². The molecule has 0 radical (unpaired) electrons. The van der Waals surface area contributed by atoms with Crippen molar-refractivity contribution < 1.29 is 19.1 Å². The highest BCUT2D eigenvalue weighted by molar-refractivity contribution is 6.11. The molecule has 2 aliphatic heterocycles. The van der Waals surface area contributed by atoms with Crippen molar-refractivity contribution in [3.05, 3.63) is 64.8 Å². The van der Waals surface area contributed by atoms with Gasteiger partial charge in [0.25, 0.3) is 5.91 Å². The van der Waals surface area contributed by atoms with Gasteiger partial charge in [0.2, 0.25) is 5.91 Å². The molecule has 1 fully saturated rings. The maximum atomic E-state index is 13.7. The van der Waals surface area contributed by atoms with Crippen LogP contribution in [0.5, 0.6) is 5.75 Å². The van der Waals surface area contributed by atoms with Crippen LogP contribution in [0.4, 0.5) is 4.79 Å². The third-order valence-electron chi connectivity index (χ3n) is 7.15. The van der Waals surface area contributed by atoms with Gasteiger partial charge in [-0.1, -0.05) is 29.8 Å². The van der Waals surface area contributed by atoms with Crippen LogP contribution in [-0.4, -0.2) is 52.3 Å². The van der Waals surface area contributed by atoms with Gasteiger partial charge >= 0.3 is 6.03 Å². The van der Waals surface area contributed by atoms with Crippen LogP contribution in [0.2, 0.25) is 0 Å². The number of hydrogen-bond acceptors (Lipinski definition) is 4. The zero-order valence-corrected chi connectivity index (χ0v) is 19.8. The van der Waals surface area contributed by atoms with Gasteiger partial charge in [-0.25, -0.2) is 9.69 Å². The lowest BCUT2D eigenvalue weighted by Crippen LogP contribution is -2.49. The molecular formula is C26H28N4O4. The summed E-state index contributed by atoms with van der Waals surface area (Å²) >= 11 is 0. The summed E-state index contributed by atoms with van der Waals surface area (Å²) in [5, 5.41) is 3.84. The maximum Gasteiger partial charge on any atom is 0.328 e. The Hall–Kier alpha value is -3.81. The molecule has 8 nitrogen and oxygen atoms in total. The molecule has 1 saturated heterocycles. The Morgan fingerprint density at radius 1 is 1.21 bits per heavy atom. The molecule has 2 aliphatic rings. The molecule has 2 atom stereocenters. The van der Waals surface area contributed by atoms with Gasteiger partial charge in [0.15, 0.2) is 5.54 Å². The number of rotatable bonds is 5. The number of amides is 4. The first kappa shape index (κ1) is 22.0. The number of H-pyrrole nitrogens is 1. The molecular weight excluding hydrogens is 432 g/mol. The van der Waals surface area contributed by atoms with Crippen LogP contribution in [0.1, 0.15) is 36.2 Å². The second-order valence-electron chi connectivity index (χ2n) is 9.20. The molecule has 3 heterocycles. The van der Waals surface area contributed by atoms with E-state index in [1.807, 2.05) is 49.4 Å². The Balaban J connectivity index is 1.42. The molecule has 5 rings (SSSR count). The van der Waals surface area contributed by atoms with Crippen LogP contribution in [0, 0.1) is 6.92 Å². The summed E-state index contributed by atoms with van der Waals surface area (Å²) in [7, 11) is 1.62. The van der Waals surface area contributed by atoms with E-state index in [-0.39, 0.29) is 5.91 Å². The molecule has 0 saturated carbocycles. The first-order valence-corrected chi connectivity index (χ1v) is 11.4. The van der Waals surface area contributed by atoms with Gasteiger partial charge in [-0.3, -0.25) is 9.59 Å². The quantitative estimate of drug-likeness (QED) is 0.572. The number of carbonyl (C=O) groups excluding carboxylic acids is 3. The summed E-state index contributed by atoms with van der Waals surface area (Å²) in [5.74, 6) is -0.0292. The van der Waals surface area contributed by atoms with E-state index in [0.717, 1.165) is 38.2 Å². The number of aromatic nitrogens is 1. The highest BCUT2D eigenvalue weighted by atomic mass is 16.5. The Bertz CT molecular complexity index is 1310. The Morgan fingerprint density at radius 2 is 1.94 bits per heavy atom. The van der Waals surface area contributed by atoms with E-state index in [1.165, 1.54) is 0 Å². The highest BCUT2D eigenvalue weighted by Crippen LogP contribution is 2.45. The lowest BCUT2D eigenvalue weighted by atomic mass is 9.87. The number of carbonyl (C=O) groups is 3. The fraction of sp³-hybridized carbons (Fsp3) is 0.346. The van der Waals surface area contributed by atoms with Crippen molar-refractivity contribution in [2.75, 3.05) is 13.7 Å². The molecule has 3 aromatic rings. The van der Waals surface area contributed by atoms with Crippen LogP contribution in [0.15, 0.2) is 42.5 Å². The summed E-state index contributed by atoms with van der Waals surface area (Å²) in [6.45, 7) is 6.08. The number of benzene rings is 2. The van der Waals surface area contributed by atoms with Gasteiger partial charge in [-0.05, 0) is 56.5 Å². The van der Waals surface area contributed by atoms with Crippen LogP contribution < -0.4 is 10.1 Å². The van der Waals surface area contributed by atoms with Crippen molar-refractivity contribution in [1.29, 1.82) is 0 Å². The minimum atomic E-state index is -1.19. The van der Waals surface area contributed by atoms with Gasteiger partial charge in [0.05, 0.1) is 12.8 Å². The van der Waals surface area contributed by atoms with Crippen LogP contribution in [-0.2, 0) is 28.1 Å². The zero-order chi connectivity index (χ0) is 24.2. The average molecular weight is 461 g/mol. The highest BCUT2D eigenvalue weighted by Gasteiger charge is 2.60. The van der Waals surface area contributed by atoms with E-state index < -0.39 is 23.5 Å². The first-order chi connectivity index (χ1) is 16.3. The maximum absolute atomic E-state index is 13.7. The molecule has 2 aromatic carbocycles. The average Bonchev–Trinajstić information content (AvgIpc) is 3.31. The number of urea groups is 1. The Morgan fingerprint density at radius 3 is 2.65 bits per heavy atom.